The van der Waals surface area contributed by atoms with Gasteiger partial charge >= 0.3 is 0 Å². The van der Waals surface area contributed by atoms with E-state index >= 15 is 0 Å². The van der Waals surface area contributed by atoms with Crippen LogP contribution in [-0.2, 0) is 10.2 Å². The Morgan fingerprint density at radius 3 is 2.54 bits per heavy atom. The first-order chi connectivity index (χ1) is 17.6. The summed E-state index contributed by atoms with van der Waals surface area (Å²) in [5.74, 6) is 0.683. The summed E-state index contributed by atoms with van der Waals surface area (Å²) in [6.07, 6.45) is 12.3. The minimum atomic E-state index is -3.87. The molecule has 0 aromatic carbocycles. The Balaban J connectivity index is 1.60. The van der Waals surface area contributed by atoms with Crippen LogP contribution in [0.25, 0.3) is 0 Å². The Morgan fingerprint density at radius 2 is 1.97 bits per heavy atom. The van der Waals surface area contributed by atoms with Gasteiger partial charge in [0.2, 0.25) is 0 Å². The van der Waals surface area contributed by atoms with Gasteiger partial charge in [0.15, 0.2) is 0 Å². The number of anilines is 2. The zero-order chi connectivity index (χ0) is 27.2. The van der Waals surface area contributed by atoms with Gasteiger partial charge in [-0.15, -0.1) is 0 Å². The van der Waals surface area contributed by atoms with Gasteiger partial charge in [-0.05, 0) is 45.6 Å². The van der Waals surface area contributed by atoms with E-state index < -0.39 is 10.2 Å². The van der Waals surface area contributed by atoms with Crippen LogP contribution in [-0.4, -0.2) is 74.1 Å². The number of allylic oxidation sites excluding steroid dienone is 4. The van der Waals surface area contributed by atoms with Crippen LogP contribution in [0.4, 0.5) is 11.5 Å². The maximum atomic E-state index is 11.3. The summed E-state index contributed by atoms with van der Waals surface area (Å²) in [7, 11) is -3.87. The van der Waals surface area contributed by atoms with Crippen molar-refractivity contribution in [2.75, 3.05) is 42.3 Å². The molecule has 0 saturated carbocycles. The molecule has 0 bridgehead atoms. The maximum absolute atomic E-state index is 11.3. The van der Waals surface area contributed by atoms with Crippen LogP contribution < -0.4 is 14.8 Å². The number of nitrogens with one attached hydrogen (secondary N) is 1. The van der Waals surface area contributed by atoms with E-state index in [-0.39, 0.29) is 5.69 Å². The fourth-order valence-corrected chi connectivity index (χ4v) is 6.21. The van der Waals surface area contributed by atoms with Gasteiger partial charge in [0.1, 0.15) is 5.82 Å². The van der Waals surface area contributed by atoms with Crippen molar-refractivity contribution >= 4 is 33.3 Å². The van der Waals surface area contributed by atoms with Crippen LogP contribution in [0, 0.1) is 0 Å². The van der Waals surface area contributed by atoms with Crippen molar-refractivity contribution in [1.82, 2.24) is 14.8 Å². The lowest BCUT2D eigenvalue weighted by atomic mass is 9.95. The zero-order valence-electron chi connectivity index (χ0n) is 22.7. The molecule has 0 radical (unpaired) electrons. The number of hydrogen-bond donors (Lipinski definition) is 2. The van der Waals surface area contributed by atoms with Crippen molar-refractivity contribution in [3.8, 4) is 0 Å². The number of rotatable bonds is 10. The average Bonchev–Trinajstić information content (AvgIpc) is 2.87. The third-order valence-electron chi connectivity index (χ3n) is 7.72. The van der Waals surface area contributed by atoms with Crippen molar-refractivity contribution in [3.05, 3.63) is 53.2 Å². The lowest BCUT2D eigenvalue weighted by molar-refractivity contribution is 0.0559. The van der Waals surface area contributed by atoms with Crippen LogP contribution in [0.1, 0.15) is 53.4 Å². The Hall–Kier alpha value is -1.91. The Morgan fingerprint density at radius 1 is 1.27 bits per heavy atom. The summed E-state index contributed by atoms with van der Waals surface area (Å²) in [6.45, 7) is 17.6. The largest absolute Gasteiger partial charge is 0.353 e. The quantitative estimate of drug-likeness (QED) is 0.414. The molecule has 2 saturated heterocycles. The van der Waals surface area contributed by atoms with Gasteiger partial charge in [-0.1, -0.05) is 61.4 Å². The predicted octanol–water partition coefficient (Wildman–Crippen LogP) is 4.57. The number of nitrogens with two attached hydrogens (primary N) is 1. The number of piperazine rings is 1. The summed E-state index contributed by atoms with van der Waals surface area (Å²) < 4.78 is 24.8. The molecular weight excluding hydrogens is 508 g/mol. The normalized spacial score (nSPS) is 22.2. The fourth-order valence-electron chi connectivity index (χ4n) is 5.49. The third kappa shape index (κ3) is 8.04. The SMILES string of the molecule is C=C/C(C)=C\C=C(/CC)C(C)N1CCC(N2CCN(c3ncc(NS(N)(=O)=O)cc3Cl)CC2CC)CC1. The average molecular weight is 551 g/mol. The van der Waals surface area contributed by atoms with Gasteiger partial charge in [0, 0.05) is 50.8 Å². The van der Waals surface area contributed by atoms with Crippen LogP contribution >= 0.6 is 11.6 Å². The van der Waals surface area contributed by atoms with Crippen LogP contribution in [0.5, 0.6) is 0 Å². The van der Waals surface area contributed by atoms with E-state index in [1.54, 1.807) is 6.07 Å². The van der Waals surface area contributed by atoms with E-state index in [2.05, 4.69) is 70.8 Å². The molecule has 2 atom stereocenters. The van der Waals surface area contributed by atoms with Crippen LogP contribution in [0.3, 0.4) is 0 Å². The molecule has 2 fully saturated rings. The van der Waals surface area contributed by atoms with Crippen molar-refractivity contribution in [2.24, 2.45) is 5.14 Å². The minimum Gasteiger partial charge on any atom is -0.353 e. The summed E-state index contributed by atoms with van der Waals surface area (Å²) in [5, 5.41) is 5.47. The molecule has 8 nitrogen and oxygen atoms in total. The molecule has 0 amide bonds. The van der Waals surface area contributed by atoms with Gasteiger partial charge < -0.3 is 4.90 Å². The van der Waals surface area contributed by atoms with Crippen molar-refractivity contribution in [3.63, 3.8) is 0 Å². The molecule has 0 aliphatic carbocycles. The summed E-state index contributed by atoms with van der Waals surface area (Å²) in [6, 6.07) is 3.00. The third-order valence-corrected chi connectivity index (χ3v) is 8.52. The molecule has 206 valence electrons. The topological polar surface area (TPSA) is 94.8 Å². The first-order valence-electron chi connectivity index (χ1n) is 13.3. The summed E-state index contributed by atoms with van der Waals surface area (Å²) in [4.78, 5) is 12.0. The van der Waals surface area contributed by atoms with E-state index in [0.29, 0.717) is 29.0 Å². The molecule has 2 aliphatic heterocycles. The Bertz CT molecular complexity index is 1100. The number of nitrogens with zero attached hydrogens (tertiary/aromatic N) is 4. The van der Waals surface area contributed by atoms with E-state index in [4.69, 9.17) is 16.7 Å². The van der Waals surface area contributed by atoms with Gasteiger partial charge in [0.05, 0.1) is 16.9 Å². The highest BCUT2D eigenvalue weighted by Crippen LogP contribution is 2.31. The number of pyridine rings is 1. The molecule has 1 aromatic heterocycles. The summed E-state index contributed by atoms with van der Waals surface area (Å²) >= 11 is 6.49. The molecule has 3 heterocycles. The second kappa shape index (κ2) is 13.2. The van der Waals surface area contributed by atoms with E-state index in [1.165, 1.54) is 30.2 Å². The highest BCUT2D eigenvalue weighted by Gasteiger charge is 2.34. The number of piperidine rings is 1. The molecule has 0 spiro atoms. The molecule has 3 N–H and O–H groups in total. The summed E-state index contributed by atoms with van der Waals surface area (Å²) in [5.41, 5.74) is 2.92. The highest BCUT2D eigenvalue weighted by molar-refractivity contribution is 7.90. The van der Waals surface area contributed by atoms with E-state index in [0.717, 1.165) is 45.6 Å². The van der Waals surface area contributed by atoms with Crippen molar-refractivity contribution in [1.29, 1.82) is 0 Å². The van der Waals surface area contributed by atoms with Gasteiger partial charge in [0.25, 0.3) is 10.2 Å². The van der Waals surface area contributed by atoms with Crippen molar-refractivity contribution < 1.29 is 8.42 Å². The molecule has 37 heavy (non-hydrogen) atoms. The van der Waals surface area contributed by atoms with Crippen LogP contribution in [0.2, 0.25) is 5.02 Å². The van der Waals surface area contributed by atoms with Gasteiger partial charge in [-0.2, -0.15) is 8.42 Å². The minimum absolute atomic E-state index is 0.260. The molecule has 1 aromatic rings. The second-order valence-electron chi connectivity index (χ2n) is 10.1. The fraction of sp³-hybridized carbons (Fsp3) is 0.593. The number of halogens is 1. The smallest absolute Gasteiger partial charge is 0.296 e. The van der Waals surface area contributed by atoms with Crippen molar-refractivity contribution in [2.45, 2.75) is 71.5 Å². The zero-order valence-corrected chi connectivity index (χ0v) is 24.2. The Kier molecular flexibility index (Phi) is 10.6. The number of aromatic nitrogens is 1. The van der Waals surface area contributed by atoms with E-state index in [9.17, 15) is 8.42 Å². The maximum Gasteiger partial charge on any atom is 0.296 e. The lowest BCUT2D eigenvalue weighted by Crippen LogP contribution is -2.59. The predicted molar refractivity (Wildman–Crippen MR) is 155 cm³/mol. The molecule has 2 unspecified atom stereocenters. The first-order valence-corrected chi connectivity index (χ1v) is 15.2. The molecule has 2 aliphatic rings. The monoisotopic (exact) mass is 550 g/mol. The number of hydrogen-bond acceptors (Lipinski definition) is 6. The second-order valence-corrected chi connectivity index (χ2v) is 11.8. The number of likely N-dealkylation sites (tertiary alicyclic amines) is 1. The Labute approximate surface area is 228 Å². The standard InChI is InChI=1S/C27H43ClN6O2S/c1-6-20(4)9-10-22(7-2)21(5)32-13-11-25(12-14-32)34-16-15-33(19-24(34)8-3)27-26(28)17-23(18-30-27)31-37(29,35)36/h6,9-10,17-18,21,24-25,31H,1,7-8,11-16,19H2,2-5H3,(H2,29,35,36)/b20-9-,22-10+. The lowest BCUT2D eigenvalue weighted by Gasteiger charge is -2.48. The van der Waals surface area contributed by atoms with Gasteiger partial charge in [-0.25, -0.2) is 10.1 Å². The van der Waals surface area contributed by atoms with E-state index in [1.807, 2.05) is 6.08 Å². The van der Waals surface area contributed by atoms with Crippen LogP contribution in [0.15, 0.2) is 48.2 Å². The van der Waals surface area contributed by atoms with Gasteiger partial charge in [-0.3, -0.25) is 14.5 Å². The first kappa shape index (κ1) is 29.6. The highest BCUT2D eigenvalue weighted by atomic mass is 35.5. The molecule has 3 rings (SSSR count). The molecule has 10 heteroatoms. The molecular formula is C27H43ClN6O2S.